The molecule has 1 heterocycles. The van der Waals surface area contributed by atoms with E-state index in [1.807, 2.05) is 30.3 Å². The van der Waals surface area contributed by atoms with Crippen molar-refractivity contribution in [2.45, 2.75) is 50.7 Å². The fraction of sp³-hybridized carbons (Fsp3) is 0.500. The van der Waals surface area contributed by atoms with Gasteiger partial charge < -0.3 is 20.3 Å². The van der Waals surface area contributed by atoms with Gasteiger partial charge in [0.25, 0.3) is 5.89 Å². The van der Waals surface area contributed by atoms with Gasteiger partial charge in [-0.15, -0.1) is 0 Å². The van der Waals surface area contributed by atoms with Gasteiger partial charge in [-0.1, -0.05) is 42.6 Å². The summed E-state index contributed by atoms with van der Waals surface area (Å²) in [5, 5.41) is 19.9. The summed E-state index contributed by atoms with van der Waals surface area (Å²) >= 11 is 0. The van der Waals surface area contributed by atoms with Gasteiger partial charge in [0.05, 0.1) is 11.6 Å². The Morgan fingerprint density at radius 1 is 1.28 bits per heavy atom. The molecule has 1 aliphatic carbocycles. The van der Waals surface area contributed by atoms with E-state index in [9.17, 15) is 9.90 Å². The molecule has 0 spiro atoms. The van der Waals surface area contributed by atoms with Gasteiger partial charge in [-0.3, -0.25) is 0 Å². The topological polar surface area (TPSA) is 100 Å². The lowest BCUT2D eigenvalue weighted by atomic mass is 9.85. The standard InChI is InChI=1S/C18H24N4O3/c1-13(15-21-16(25-22-15)14-8-4-2-5-9-14)20-17(23)19-12-18(24)10-6-3-7-11-18/h2,4-5,8-9,13,24H,3,6-7,10-12H2,1H3,(H2,19,20,23). The molecule has 134 valence electrons. The van der Waals surface area contributed by atoms with Crippen molar-refractivity contribution >= 4 is 6.03 Å². The molecule has 1 atom stereocenters. The molecule has 0 aliphatic heterocycles. The fourth-order valence-corrected chi connectivity index (χ4v) is 3.05. The maximum Gasteiger partial charge on any atom is 0.315 e. The van der Waals surface area contributed by atoms with Crippen LogP contribution < -0.4 is 10.6 Å². The minimum absolute atomic E-state index is 0.257. The molecule has 1 unspecified atom stereocenters. The molecule has 1 aromatic heterocycles. The third-order valence-electron chi connectivity index (χ3n) is 4.56. The summed E-state index contributed by atoms with van der Waals surface area (Å²) in [6.45, 7) is 2.04. The van der Waals surface area contributed by atoms with E-state index in [1.54, 1.807) is 6.92 Å². The normalized spacial score (nSPS) is 17.7. The molecule has 3 N–H and O–H groups in total. The third kappa shape index (κ3) is 4.57. The number of urea groups is 1. The van der Waals surface area contributed by atoms with Crippen molar-refractivity contribution in [1.82, 2.24) is 20.8 Å². The highest BCUT2D eigenvalue weighted by molar-refractivity contribution is 5.74. The lowest BCUT2D eigenvalue weighted by Crippen LogP contribution is -2.47. The Hall–Kier alpha value is -2.41. The van der Waals surface area contributed by atoms with Crippen LogP contribution in [0, 0.1) is 0 Å². The molecule has 0 radical (unpaired) electrons. The molecule has 3 rings (SSSR count). The number of hydrogen-bond donors (Lipinski definition) is 3. The molecule has 0 bridgehead atoms. The van der Waals surface area contributed by atoms with Crippen molar-refractivity contribution in [3.05, 3.63) is 36.2 Å². The van der Waals surface area contributed by atoms with Crippen LogP contribution in [0.15, 0.2) is 34.9 Å². The molecule has 2 amide bonds. The van der Waals surface area contributed by atoms with E-state index >= 15 is 0 Å². The molecule has 7 heteroatoms. The number of amides is 2. The van der Waals surface area contributed by atoms with Crippen molar-refractivity contribution in [3.63, 3.8) is 0 Å². The fourth-order valence-electron chi connectivity index (χ4n) is 3.05. The second-order valence-electron chi connectivity index (χ2n) is 6.66. The predicted octanol–water partition coefficient (Wildman–Crippen LogP) is 2.79. The van der Waals surface area contributed by atoms with Crippen molar-refractivity contribution in [2.75, 3.05) is 6.54 Å². The summed E-state index contributed by atoms with van der Waals surface area (Å²) in [6, 6.07) is 8.71. The average molecular weight is 344 g/mol. The molecule has 7 nitrogen and oxygen atoms in total. The molecular formula is C18H24N4O3. The van der Waals surface area contributed by atoms with Crippen LogP contribution in [0.3, 0.4) is 0 Å². The molecule has 0 saturated heterocycles. The SMILES string of the molecule is CC(NC(=O)NCC1(O)CCCCC1)c1noc(-c2ccccc2)n1. The molecule has 1 aliphatic rings. The maximum absolute atomic E-state index is 12.1. The third-order valence-corrected chi connectivity index (χ3v) is 4.56. The van der Waals surface area contributed by atoms with Crippen LogP contribution in [-0.2, 0) is 0 Å². The van der Waals surface area contributed by atoms with Gasteiger partial charge in [0.1, 0.15) is 0 Å². The average Bonchev–Trinajstić information content (AvgIpc) is 3.12. The molecule has 1 aromatic carbocycles. The smallest absolute Gasteiger partial charge is 0.315 e. The van der Waals surface area contributed by atoms with Crippen LogP contribution in [0.5, 0.6) is 0 Å². The zero-order valence-corrected chi connectivity index (χ0v) is 14.4. The molecule has 1 fully saturated rings. The minimum atomic E-state index is -0.786. The van der Waals surface area contributed by atoms with Crippen molar-refractivity contribution in [1.29, 1.82) is 0 Å². The van der Waals surface area contributed by atoms with Gasteiger partial charge >= 0.3 is 6.03 Å². The summed E-state index contributed by atoms with van der Waals surface area (Å²) in [5.41, 5.74) is 0.0447. The van der Waals surface area contributed by atoms with Crippen LogP contribution in [0.1, 0.15) is 50.9 Å². The Bertz CT molecular complexity index is 695. The first-order valence-corrected chi connectivity index (χ1v) is 8.71. The molecular weight excluding hydrogens is 320 g/mol. The van der Waals surface area contributed by atoms with E-state index in [1.165, 1.54) is 0 Å². The summed E-state index contributed by atoms with van der Waals surface area (Å²) in [6.07, 6.45) is 4.61. The van der Waals surface area contributed by atoms with E-state index in [4.69, 9.17) is 4.52 Å². The van der Waals surface area contributed by atoms with Gasteiger partial charge in [0.15, 0.2) is 5.82 Å². The molecule has 2 aromatic rings. The van der Waals surface area contributed by atoms with Crippen LogP contribution in [0.4, 0.5) is 4.79 Å². The number of hydrogen-bond acceptors (Lipinski definition) is 5. The zero-order valence-electron chi connectivity index (χ0n) is 14.4. The minimum Gasteiger partial charge on any atom is -0.388 e. The number of rotatable bonds is 5. The van der Waals surface area contributed by atoms with Gasteiger partial charge in [0, 0.05) is 12.1 Å². The Kier molecular flexibility index (Phi) is 5.33. The van der Waals surface area contributed by atoms with E-state index in [2.05, 4.69) is 20.8 Å². The lowest BCUT2D eigenvalue weighted by molar-refractivity contribution is 0.00713. The van der Waals surface area contributed by atoms with Crippen LogP contribution in [-0.4, -0.2) is 33.4 Å². The number of aliphatic hydroxyl groups is 1. The van der Waals surface area contributed by atoms with Crippen LogP contribution in [0.25, 0.3) is 11.5 Å². The largest absolute Gasteiger partial charge is 0.388 e. The monoisotopic (exact) mass is 344 g/mol. The van der Waals surface area contributed by atoms with Crippen molar-refractivity contribution < 1.29 is 14.4 Å². The first kappa shape index (κ1) is 17.4. The van der Waals surface area contributed by atoms with E-state index in [0.717, 1.165) is 37.7 Å². The van der Waals surface area contributed by atoms with Gasteiger partial charge in [-0.2, -0.15) is 4.98 Å². The Morgan fingerprint density at radius 3 is 2.72 bits per heavy atom. The lowest BCUT2D eigenvalue weighted by Gasteiger charge is -2.32. The second kappa shape index (κ2) is 7.65. The number of aromatic nitrogens is 2. The first-order valence-electron chi connectivity index (χ1n) is 8.71. The van der Waals surface area contributed by atoms with Crippen molar-refractivity contribution in [2.24, 2.45) is 0 Å². The van der Waals surface area contributed by atoms with Gasteiger partial charge in [0.2, 0.25) is 0 Å². The van der Waals surface area contributed by atoms with Gasteiger partial charge in [-0.05, 0) is 31.9 Å². The predicted molar refractivity (Wildman–Crippen MR) is 92.7 cm³/mol. The molecule has 25 heavy (non-hydrogen) atoms. The molecule has 1 saturated carbocycles. The van der Waals surface area contributed by atoms with E-state index in [-0.39, 0.29) is 12.6 Å². The summed E-state index contributed by atoms with van der Waals surface area (Å²) < 4.78 is 5.25. The number of nitrogens with zero attached hydrogens (tertiary/aromatic N) is 2. The Morgan fingerprint density at radius 2 is 2.00 bits per heavy atom. The summed E-state index contributed by atoms with van der Waals surface area (Å²) in [5.74, 6) is 0.826. The van der Waals surface area contributed by atoms with E-state index < -0.39 is 11.6 Å². The van der Waals surface area contributed by atoms with Gasteiger partial charge in [-0.25, -0.2) is 4.79 Å². The summed E-state index contributed by atoms with van der Waals surface area (Å²) in [4.78, 5) is 16.4. The number of benzene rings is 1. The summed E-state index contributed by atoms with van der Waals surface area (Å²) in [7, 11) is 0. The Balaban J connectivity index is 1.52. The van der Waals surface area contributed by atoms with Crippen molar-refractivity contribution in [3.8, 4) is 11.5 Å². The zero-order chi connectivity index (χ0) is 17.7. The second-order valence-corrected chi connectivity index (χ2v) is 6.66. The Labute approximate surface area is 146 Å². The first-order chi connectivity index (χ1) is 12.1. The number of carbonyl (C=O) groups excluding carboxylic acids is 1. The number of nitrogens with one attached hydrogen (secondary N) is 2. The highest BCUT2D eigenvalue weighted by Crippen LogP contribution is 2.27. The van der Waals surface area contributed by atoms with Crippen LogP contribution in [0.2, 0.25) is 0 Å². The highest BCUT2D eigenvalue weighted by atomic mass is 16.5. The number of carbonyl (C=O) groups is 1. The van der Waals surface area contributed by atoms with Crippen LogP contribution >= 0.6 is 0 Å². The van der Waals surface area contributed by atoms with E-state index in [0.29, 0.717) is 11.7 Å². The quantitative estimate of drug-likeness (QED) is 0.774. The maximum atomic E-state index is 12.1. The highest BCUT2D eigenvalue weighted by Gasteiger charge is 2.29.